The molecule has 0 spiro atoms. The second-order valence-corrected chi connectivity index (χ2v) is 5.34. The van der Waals surface area contributed by atoms with E-state index in [2.05, 4.69) is 5.32 Å². The Bertz CT molecular complexity index is 581. The van der Waals surface area contributed by atoms with Crippen LogP contribution in [-0.4, -0.2) is 51.9 Å². The number of nitrogens with one attached hydrogen (secondary N) is 1. The second kappa shape index (κ2) is 6.99. The van der Waals surface area contributed by atoms with Crippen LogP contribution in [0.15, 0.2) is 30.3 Å². The van der Waals surface area contributed by atoms with Crippen molar-refractivity contribution >= 4 is 18.2 Å². The van der Waals surface area contributed by atoms with E-state index in [1.165, 1.54) is 0 Å². The molecule has 8 nitrogen and oxygen atoms in total. The van der Waals surface area contributed by atoms with Crippen LogP contribution in [-0.2, 0) is 16.1 Å². The first kappa shape index (κ1) is 16.6. The fraction of sp³-hybridized carbons (Fsp3) is 0.400. The topological polar surface area (TPSA) is 116 Å². The summed E-state index contributed by atoms with van der Waals surface area (Å²) in [5, 5.41) is 20.7. The monoisotopic (exact) mass is 322 g/mol. The standard InChI is InChI=1S/C15H18N2O6/c18-12(19)15(6-8-17(9-7-15)14(21)22)16-13(20)23-10-11-4-2-1-3-5-11/h1-5H,6-10H2,(H,16,20)(H,18,19)(H,21,22). The summed E-state index contributed by atoms with van der Waals surface area (Å²) in [5.74, 6) is -1.20. The maximum absolute atomic E-state index is 11.9. The van der Waals surface area contributed by atoms with Crippen LogP contribution in [0.5, 0.6) is 0 Å². The first-order valence-electron chi connectivity index (χ1n) is 7.13. The Morgan fingerprint density at radius 2 is 1.74 bits per heavy atom. The minimum Gasteiger partial charge on any atom is -0.480 e. The van der Waals surface area contributed by atoms with E-state index in [1.807, 2.05) is 6.07 Å². The number of carbonyl (C=O) groups excluding carboxylic acids is 1. The molecule has 1 aromatic rings. The summed E-state index contributed by atoms with van der Waals surface area (Å²) in [6, 6.07) is 9.00. The molecule has 2 amide bonds. The van der Waals surface area contributed by atoms with Crippen LogP contribution in [0.3, 0.4) is 0 Å². The van der Waals surface area contributed by atoms with Crippen molar-refractivity contribution < 1.29 is 29.3 Å². The van der Waals surface area contributed by atoms with E-state index in [1.54, 1.807) is 24.3 Å². The van der Waals surface area contributed by atoms with Gasteiger partial charge in [0.1, 0.15) is 12.1 Å². The summed E-state index contributed by atoms with van der Waals surface area (Å²) in [6.45, 7) is 0.116. The highest BCUT2D eigenvalue weighted by Gasteiger charge is 2.44. The summed E-state index contributed by atoms with van der Waals surface area (Å²) < 4.78 is 5.04. The van der Waals surface area contributed by atoms with Gasteiger partial charge in [0.2, 0.25) is 0 Å². The first-order valence-corrected chi connectivity index (χ1v) is 7.13. The Labute approximate surface area is 132 Å². The lowest BCUT2D eigenvalue weighted by molar-refractivity contribution is -0.146. The molecule has 0 aliphatic carbocycles. The van der Waals surface area contributed by atoms with Crippen LogP contribution in [0, 0.1) is 0 Å². The van der Waals surface area contributed by atoms with Crippen LogP contribution < -0.4 is 5.32 Å². The fourth-order valence-corrected chi connectivity index (χ4v) is 2.43. The number of benzene rings is 1. The largest absolute Gasteiger partial charge is 0.480 e. The second-order valence-electron chi connectivity index (χ2n) is 5.34. The molecule has 2 rings (SSSR count). The van der Waals surface area contributed by atoms with Crippen molar-refractivity contribution in [3.63, 3.8) is 0 Å². The molecule has 23 heavy (non-hydrogen) atoms. The van der Waals surface area contributed by atoms with E-state index in [0.29, 0.717) is 0 Å². The molecular weight excluding hydrogens is 304 g/mol. The molecule has 0 radical (unpaired) electrons. The molecule has 1 aromatic carbocycles. The number of carboxylic acids is 1. The Morgan fingerprint density at radius 1 is 1.13 bits per heavy atom. The molecule has 0 aromatic heterocycles. The third-order valence-electron chi connectivity index (χ3n) is 3.85. The lowest BCUT2D eigenvalue weighted by atomic mass is 9.88. The lowest BCUT2D eigenvalue weighted by Gasteiger charge is -2.37. The van der Waals surface area contributed by atoms with Crippen molar-refractivity contribution in [2.45, 2.75) is 25.0 Å². The molecule has 1 fully saturated rings. The molecule has 0 bridgehead atoms. The van der Waals surface area contributed by atoms with Gasteiger partial charge in [-0.3, -0.25) is 0 Å². The number of carboxylic acid groups (broad SMARTS) is 2. The SMILES string of the molecule is O=C(NC1(C(=O)O)CCN(C(=O)O)CC1)OCc1ccccc1. The number of likely N-dealkylation sites (tertiary alicyclic amines) is 1. The smallest absolute Gasteiger partial charge is 0.408 e. The van der Waals surface area contributed by atoms with E-state index in [4.69, 9.17) is 9.84 Å². The van der Waals surface area contributed by atoms with Gasteiger partial charge in [0.15, 0.2) is 0 Å². The van der Waals surface area contributed by atoms with Gasteiger partial charge in [-0.25, -0.2) is 14.4 Å². The number of carbonyl (C=O) groups is 3. The average Bonchev–Trinajstić information content (AvgIpc) is 2.54. The highest BCUT2D eigenvalue weighted by molar-refractivity contribution is 5.84. The summed E-state index contributed by atoms with van der Waals surface area (Å²) >= 11 is 0. The first-order chi connectivity index (χ1) is 10.9. The number of aliphatic carboxylic acids is 1. The van der Waals surface area contributed by atoms with Crippen molar-refractivity contribution in [2.75, 3.05) is 13.1 Å². The lowest BCUT2D eigenvalue weighted by Crippen LogP contribution is -2.60. The Balaban J connectivity index is 1.93. The van der Waals surface area contributed by atoms with E-state index >= 15 is 0 Å². The quantitative estimate of drug-likeness (QED) is 0.773. The molecule has 3 N–H and O–H groups in total. The molecule has 0 saturated carbocycles. The van der Waals surface area contributed by atoms with Gasteiger partial charge in [-0.05, 0) is 18.4 Å². The summed E-state index contributed by atoms with van der Waals surface area (Å²) in [4.78, 5) is 35.4. The maximum Gasteiger partial charge on any atom is 0.408 e. The zero-order valence-corrected chi connectivity index (χ0v) is 12.4. The number of hydrogen-bond acceptors (Lipinski definition) is 4. The average molecular weight is 322 g/mol. The molecule has 0 unspecified atom stereocenters. The van der Waals surface area contributed by atoms with Gasteiger partial charge in [0, 0.05) is 13.1 Å². The van der Waals surface area contributed by atoms with Crippen LogP contribution in [0.25, 0.3) is 0 Å². The highest BCUT2D eigenvalue weighted by Crippen LogP contribution is 2.23. The summed E-state index contributed by atoms with van der Waals surface area (Å²) in [7, 11) is 0. The van der Waals surface area contributed by atoms with Crippen LogP contribution >= 0.6 is 0 Å². The van der Waals surface area contributed by atoms with Crippen LogP contribution in [0.1, 0.15) is 18.4 Å². The van der Waals surface area contributed by atoms with Gasteiger partial charge in [0.05, 0.1) is 0 Å². The molecular formula is C15H18N2O6. The zero-order valence-electron chi connectivity index (χ0n) is 12.4. The van der Waals surface area contributed by atoms with E-state index in [0.717, 1.165) is 10.5 Å². The molecule has 1 aliphatic heterocycles. The fourth-order valence-electron chi connectivity index (χ4n) is 2.43. The van der Waals surface area contributed by atoms with Gasteiger partial charge >= 0.3 is 18.2 Å². The van der Waals surface area contributed by atoms with Gasteiger partial charge < -0.3 is 25.2 Å². The normalized spacial score (nSPS) is 16.4. The van der Waals surface area contributed by atoms with Crippen molar-refractivity contribution in [2.24, 2.45) is 0 Å². The highest BCUT2D eigenvalue weighted by atomic mass is 16.5. The summed E-state index contributed by atoms with van der Waals surface area (Å²) in [6.07, 6.45) is -1.94. The number of amides is 2. The Kier molecular flexibility index (Phi) is 5.05. The van der Waals surface area contributed by atoms with Crippen LogP contribution in [0.4, 0.5) is 9.59 Å². The molecule has 1 heterocycles. The molecule has 1 aliphatic rings. The number of hydrogen-bond donors (Lipinski definition) is 3. The van der Waals surface area contributed by atoms with Crippen LogP contribution in [0.2, 0.25) is 0 Å². The third kappa shape index (κ3) is 4.12. The van der Waals surface area contributed by atoms with Crippen molar-refractivity contribution in [3.05, 3.63) is 35.9 Å². The molecule has 124 valence electrons. The Morgan fingerprint density at radius 3 is 2.26 bits per heavy atom. The van der Waals surface area contributed by atoms with E-state index in [9.17, 15) is 19.5 Å². The maximum atomic E-state index is 11.9. The van der Waals surface area contributed by atoms with E-state index in [-0.39, 0.29) is 32.5 Å². The number of alkyl carbamates (subject to hydrolysis) is 1. The van der Waals surface area contributed by atoms with Crippen molar-refractivity contribution in [1.82, 2.24) is 10.2 Å². The molecule has 0 atom stereocenters. The number of piperidine rings is 1. The third-order valence-corrected chi connectivity index (χ3v) is 3.85. The predicted octanol–water partition coefficient (Wildman–Crippen LogP) is 1.51. The molecule has 1 saturated heterocycles. The van der Waals surface area contributed by atoms with Crippen molar-refractivity contribution in [3.8, 4) is 0 Å². The minimum atomic E-state index is -1.50. The number of rotatable bonds is 4. The van der Waals surface area contributed by atoms with Gasteiger partial charge in [-0.2, -0.15) is 0 Å². The summed E-state index contributed by atoms with van der Waals surface area (Å²) in [5.41, 5.74) is -0.715. The van der Waals surface area contributed by atoms with Gasteiger partial charge in [-0.15, -0.1) is 0 Å². The number of ether oxygens (including phenoxy) is 1. The zero-order chi connectivity index (χ0) is 16.9. The van der Waals surface area contributed by atoms with Crippen molar-refractivity contribution in [1.29, 1.82) is 0 Å². The minimum absolute atomic E-state index is 0.00489. The van der Waals surface area contributed by atoms with Gasteiger partial charge in [-0.1, -0.05) is 30.3 Å². The Hall–Kier alpha value is -2.77. The van der Waals surface area contributed by atoms with E-state index < -0.39 is 23.7 Å². The van der Waals surface area contributed by atoms with Gasteiger partial charge in [0.25, 0.3) is 0 Å². The predicted molar refractivity (Wildman–Crippen MR) is 79.0 cm³/mol. The number of nitrogens with zero attached hydrogens (tertiary/aromatic N) is 1. The molecule has 8 heteroatoms.